The molecule has 0 saturated carbocycles. The van der Waals surface area contributed by atoms with E-state index < -0.39 is 6.30 Å². The van der Waals surface area contributed by atoms with E-state index in [4.69, 9.17) is 9.47 Å². The molecule has 0 aliphatic heterocycles. The zero-order chi connectivity index (χ0) is 31.5. The molecule has 8 heteroatoms. The summed E-state index contributed by atoms with van der Waals surface area (Å²) in [6, 6.07) is 22.0. The number of alkyl halides is 1. The van der Waals surface area contributed by atoms with E-state index in [2.05, 4.69) is 49.2 Å². The molecular formula is C36H48FN3O4. The highest BCUT2D eigenvalue weighted by atomic mass is 19.1. The molecule has 4 aromatic rings. The smallest absolute Gasteiger partial charge is 0.332 e. The van der Waals surface area contributed by atoms with Crippen LogP contribution in [0.1, 0.15) is 83.7 Å². The largest absolute Gasteiger partial charge is 0.461 e. The van der Waals surface area contributed by atoms with Crippen molar-refractivity contribution in [2.45, 2.75) is 90.8 Å². The van der Waals surface area contributed by atoms with Gasteiger partial charge in [0.2, 0.25) is 0 Å². The van der Waals surface area contributed by atoms with Gasteiger partial charge in [0.1, 0.15) is 6.61 Å². The standard InChI is InChI=1S/C36H48FN3O4/c1-5-6-23-39-31-16-11-12-17-32(31)40(36(39)42)34(37)18-8-7-13-22-38(4)24-21-33(43-26-35(41)44-27(2)3)30-20-19-28-14-9-10-15-29(28)25-30/h9-12,14-17,19-20,25,27,33-34H,5-8,13,18,21-24,26H2,1-4H3. The molecule has 0 spiro atoms. The first-order valence-electron chi connectivity index (χ1n) is 16.1. The van der Waals surface area contributed by atoms with Gasteiger partial charge in [-0.25, -0.2) is 14.0 Å². The van der Waals surface area contributed by atoms with Gasteiger partial charge in [-0.1, -0.05) is 68.3 Å². The van der Waals surface area contributed by atoms with Crippen molar-refractivity contribution in [2.24, 2.45) is 0 Å². The lowest BCUT2D eigenvalue weighted by Crippen LogP contribution is -2.26. The average molecular weight is 606 g/mol. The number of aromatic nitrogens is 2. The molecular weight excluding hydrogens is 557 g/mol. The van der Waals surface area contributed by atoms with E-state index in [9.17, 15) is 9.59 Å². The van der Waals surface area contributed by atoms with Gasteiger partial charge in [0.15, 0.2) is 6.30 Å². The van der Waals surface area contributed by atoms with Crippen molar-refractivity contribution >= 4 is 27.8 Å². The van der Waals surface area contributed by atoms with Crippen LogP contribution in [0.5, 0.6) is 0 Å². The van der Waals surface area contributed by atoms with Gasteiger partial charge in [0.25, 0.3) is 0 Å². The topological polar surface area (TPSA) is 65.7 Å². The van der Waals surface area contributed by atoms with Crippen LogP contribution in [0.2, 0.25) is 0 Å². The van der Waals surface area contributed by atoms with Crippen molar-refractivity contribution < 1.29 is 18.7 Å². The molecule has 1 aromatic heterocycles. The van der Waals surface area contributed by atoms with E-state index in [1.165, 1.54) is 4.57 Å². The Bertz CT molecular complexity index is 1550. The predicted molar refractivity (Wildman–Crippen MR) is 176 cm³/mol. The van der Waals surface area contributed by atoms with Crippen LogP contribution in [0.3, 0.4) is 0 Å². The number of fused-ring (bicyclic) bond motifs is 2. The van der Waals surface area contributed by atoms with Crippen LogP contribution < -0.4 is 5.69 Å². The molecule has 238 valence electrons. The number of nitrogens with zero attached hydrogens (tertiary/aromatic N) is 3. The molecule has 3 aromatic carbocycles. The molecule has 4 rings (SSSR count). The quantitative estimate of drug-likeness (QED) is 0.0855. The third-order valence-corrected chi connectivity index (χ3v) is 8.05. The molecule has 0 radical (unpaired) electrons. The first-order valence-corrected chi connectivity index (χ1v) is 16.1. The Balaban J connectivity index is 1.27. The number of imidazole rings is 1. The minimum absolute atomic E-state index is 0.0931. The van der Waals surface area contributed by atoms with Crippen molar-refractivity contribution in [2.75, 3.05) is 26.7 Å². The van der Waals surface area contributed by atoms with Gasteiger partial charge in [0, 0.05) is 13.1 Å². The van der Waals surface area contributed by atoms with Crippen molar-refractivity contribution in [3.05, 3.63) is 82.8 Å². The highest BCUT2D eigenvalue weighted by molar-refractivity contribution is 5.83. The fraction of sp³-hybridized carbons (Fsp3) is 0.500. The zero-order valence-corrected chi connectivity index (χ0v) is 26.7. The van der Waals surface area contributed by atoms with Gasteiger partial charge < -0.3 is 14.4 Å². The highest BCUT2D eigenvalue weighted by Gasteiger charge is 2.20. The number of ether oxygens (including phenoxy) is 2. The molecule has 0 fully saturated rings. The Morgan fingerprint density at radius 1 is 0.886 bits per heavy atom. The number of halogens is 1. The van der Waals surface area contributed by atoms with Gasteiger partial charge >= 0.3 is 11.7 Å². The first-order chi connectivity index (χ1) is 21.3. The Hall–Kier alpha value is -3.49. The fourth-order valence-electron chi connectivity index (χ4n) is 5.70. The molecule has 0 bridgehead atoms. The number of esters is 1. The van der Waals surface area contributed by atoms with Crippen molar-refractivity contribution in [1.29, 1.82) is 0 Å². The molecule has 7 nitrogen and oxygen atoms in total. The van der Waals surface area contributed by atoms with Gasteiger partial charge in [0.05, 0.1) is 23.2 Å². The van der Waals surface area contributed by atoms with Crippen molar-refractivity contribution in [3.63, 3.8) is 0 Å². The monoisotopic (exact) mass is 605 g/mol. The number of hydrogen-bond donors (Lipinski definition) is 0. The third-order valence-electron chi connectivity index (χ3n) is 8.05. The van der Waals surface area contributed by atoms with E-state index in [1.54, 1.807) is 4.57 Å². The van der Waals surface area contributed by atoms with Crippen LogP contribution in [-0.4, -0.2) is 52.9 Å². The maximum atomic E-state index is 15.4. The maximum Gasteiger partial charge on any atom is 0.332 e. The molecule has 0 amide bonds. The second kappa shape index (κ2) is 16.5. The van der Waals surface area contributed by atoms with Crippen LogP contribution in [0.15, 0.2) is 71.5 Å². The van der Waals surface area contributed by atoms with Crippen LogP contribution in [-0.2, 0) is 20.8 Å². The van der Waals surface area contributed by atoms with Gasteiger partial charge in [-0.05, 0) is 94.1 Å². The number of aryl methyl sites for hydroxylation is 1. The molecule has 0 aliphatic carbocycles. The Labute approximate surface area is 260 Å². The average Bonchev–Trinajstić information content (AvgIpc) is 3.29. The number of benzene rings is 3. The summed E-state index contributed by atoms with van der Waals surface area (Å²) in [6.07, 6.45) is 3.64. The van der Waals surface area contributed by atoms with Gasteiger partial charge in [-0.2, -0.15) is 0 Å². The molecule has 2 atom stereocenters. The minimum atomic E-state index is -1.34. The summed E-state index contributed by atoms with van der Waals surface area (Å²) >= 11 is 0. The van der Waals surface area contributed by atoms with Crippen molar-refractivity contribution in [3.8, 4) is 0 Å². The predicted octanol–water partition coefficient (Wildman–Crippen LogP) is 7.82. The molecule has 0 aliphatic rings. The van der Waals surface area contributed by atoms with Gasteiger partial charge in [-0.3, -0.25) is 9.13 Å². The number of hydrogen-bond acceptors (Lipinski definition) is 5. The highest BCUT2D eigenvalue weighted by Crippen LogP contribution is 2.26. The summed E-state index contributed by atoms with van der Waals surface area (Å²) in [5.74, 6) is -0.363. The summed E-state index contributed by atoms with van der Waals surface area (Å²) in [5, 5.41) is 2.30. The van der Waals surface area contributed by atoms with Crippen LogP contribution in [0.4, 0.5) is 4.39 Å². The molecule has 2 unspecified atom stereocenters. The number of carbonyl (C=O) groups excluding carboxylic acids is 1. The summed E-state index contributed by atoms with van der Waals surface area (Å²) in [7, 11) is 2.08. The van der Waals surface area contributed by atoms with E-state index in [0.717, 1.165) is 67.0 Å². The normalized spacial score (nSPS) is 13.2. The maximum absolute atomic E-state index is 15.4. The molecule has 0 saturated heterocycles. The van der Waals surface area contributed by atoms with Crippen LogP contribution in [0.25, 0.3) is 21.8 Å². The number of unbranched alkanes of at least 4 members (excludes halogenated alkanes) is 3. The van der Waals surface area contributed by atoms with E-state index in [1.807, 2.05) is 50.2 Å². The second-order valence-corrected chi connectivity index (χ2v) is 12.0. The summed E-state index contributed by atoms with van der Waals surface area (Å²) in [5.41, 5.74) is 2.25. The Morgan fingerprint density at radius 3 is 2.36 bits per heavy atom. The van der Waals surface area contributed by atoms with E-state index in [-0.39, 0.29) is 30.5 Å². The van der Waals surface area contributed by atoms with E-state index >= 15 is 4.39 Å². The lowest BCUT2D eigenvalue weighted by molar-refractivity contribution is -0.155. The van der Waals surface area contributed by atoms with Crippen LogP contribution in [0, 0.1) is 0 Å². The first kappa shape index (κ1) is 33.4. The number of para-hydroxylation sites is 2. The Morgan fingerprint density at radius 2 is 1.61 bits per heavy atom. The van der Waals surface area contributed by atoms with Crippen molar-refractivity contribution in [1.82, 2.24) is 14.0 Å². The van der Waals surface area contributed by atoms with Gasteiger partial charge in [-0.15, -0.1) is 0 Å². The number of rotatable bonds is 18. The summed E-state index contributed by atoms with van der Waals surface area (Å²) < 4.78 is 29.8. The Kier molecular flexibility index (Phi) is 12.6. The second-order valence-electron chi connectivity index (χ2n) is 12.0. The van der Waals surface area contributed by atoms with Crippen LogP contribution >= 0.6 is 0 Å². The van der Waals surface area contributed by atoms with E-state index in [0.29, 0.717) is 24.9 Å². The lowest BCUT2D eigenvalue weighted by atomic mass is 10.0. The minimum Gasteiger partial charge on any atom is -0.461 e. The summed E-state index contributed by atoms with van der Waals surface area (Å²) in [4.78, 5) is 27.5. The third kappa shape index (κ3) is 9.02. The SMILES string of the molecule is CCCCn1c(=O)n(C(F)CCCCCN(C)CCC(OCC(=O)OC(C)C)c2ccc3ccccc3c2)c2ccccc21. The summed E-state index contributed by atoms with van der Waals surface area (Å²) in [6.45, 7) is 7.91. The fourth-order valence-corrected chi connectivity index (χ4v) is 5.70. The molecule has 44 heavy (non-hydrogen) atoms. The molecule has 0 N–H and O–H groups in total. The molecule has 1 heterocycles. The number of carbonyl (C=O) groups is 1. The zero-order valence-electron chi connectivity index (χ0n) is 26.7. The lowest BCUT2D eigenvalue weighted by Gasteiger charge is -2.23.